The topological polar surface area (TPSA) is 97.0 Å². The number of nitrogens with one attached hydrogen (secondary N) is 1. The quantitative estimate of drug-likeness (QED) is 0.781. The maximum atomic E-state index is 9.74. The fraction of sp³-hybridized carbons (Fsp3) is 0.455. The van der Waals surface area contributed by atoms with Crippen molar-refractivity contribution in [3.8, 4) is 17.7 Å². The molecule has 0 bridgehead atoms. The Labute approximate surface area is 165 Å². The third-order valence-electron chi connectivity index (χ3n) is 5.62. The molecule has 6 nitrogen and oxygen atoms in total. The van der Waals surface area contributed by atoms with Crippen molar-refractivity contribution >= 4 is 0 Å². The Morgan fingerprint density at radius 1 is 1.29 bits per heavy atom. The van der Waals surface area contributed by atoms with Crippen LogP contribution in [0.2, 0.25) is 0 Å². The van der Waals surface area contributed by atoms with E-state index in [2.05, 4.69) is 23.2 Å². The predicted molar refractivity (Wildman–Crippen MR) is 106 cm³/mol. The molecule has 1 saturated carbocycles. The highest BCUT2D eigenvalue weighted by molar-refractivity contribution is 5.55. The second-order valence-electron chi connectivity index (χ2n) is 7.54. The van der Waals surface area contributed by atoms with Crippen LogP contribution in [0, 0.1) is 11.3 Å². The minimum atomic E-state index is -0.278. The standard InChI is InChI=1S/C22H26N4O2/c1-2-3-8-18-20-19(17(13-23)21(24)28-22(20)26-25-18)14-9-11-16(12-10-14)27-15-6-4-5-7-15/h9-12,15,19H,2-8,24H2,1H3,(H,25,26). The number of allylic oxidation sites excluding steroid dienone is 1. The first kappa shape index (κ1) is 18.4. The van der Waals surface area contributed by atoms with Gasteiger partial charge >= 0.3 is 0 Å². The van der Waals surface area contributed by atoms with Crippen LogP contribution in [0.25, 0.3) is 0 Å². The van der Waals surface area contributed by atoms with Crippen molar-refractivity contribution in [2.45, 2.75) is 63.9 Å². The van der Waals surface area contributed by atoms with Crippen molar-refractivity contribution < 1.29 is 9.47 Å². The zero-order chi connectivity index (χ0) is 19.5. The summed E-state index contributed by atoms with van der Waals surface area (Å²) < 4.78 is 11.7. The van der Waals surface area contributed by atoms with Crippen molar-refractivity contribution in [2.24, 2.45) is 5.73 Å². The van der Waals surface area contributed by atoms with Crippen LogP contribution in [0.15, 0.2) is 35.7 Å². The van der Waals surface area contributed by atoms with Gasteiger partial charge in [-0.15, -0.1) is 5.10 Å². The van der Waals surface area contributed by atoms with E-state index in [4.69, 9.17) is 15.2 Å². The molecule has 6 heteroatoms. The Kier molecular flexibility index (Phi) is 5.25. The molecule has 0 saturated heterocycles. The molecule has 3 N–H and O–H groups in total. The SMILES string of the molecule is CCCCc1[nH]nc2c1C(c1ccc(OC3CCCC3)cc1)C(C#N)=C(N)O2. The summed E-state index contributed by atoms with van der Waals surface area (Å²) in [5, 5.41) is 17.1. The summed E-state index contributed by atoms with van der Waals surface area (Å²) in [5.41, 5.74) is 9.38. The van der Waals surface area contributed by atoms with Crippen molar-refractivity contribution in [2.75, 3.05) is 0 Å². The summed E-state index contributed by atoms with van der Waals surface area (Å²) in [7, 11) is 0. The molecule has 4 rings (SSSR count). The molecular weight excluding hydrogens is 352 g/mol. The lowest BCUT2D eigenvalue weighted by atomic mass is 9.83. The van der Waals surface area contributed by atoms with Gasteiger partial charge in [0.05, 0.1) is 12.0 Å². The number of fused-ring (bicyclic) bond motifs is 1. The number of benzene rings is 1. The molecule has 0 amide bonds. The number of H-pyrrole nitrogens is 1. The first-order chi connectivity index (χ1) is 13.7. The molecule has 2 aliphatic rings. The monoisotopic (exact) mass is 378 g/mol. The lowest BCUT2D eigenvalue weighted by Crippen LogP contribution is -2.21. The molecule has 146 valence electrons. The lowest BCUT2D eigenvalue weighted by Gasteiger charge is -2.24. The molecule has 2 aromatic rings. The van der Waals surface area contributed by atoms with Crippen LogP contribution in [0.1, 0.15) is 68.2 Å². The van der Waals surface area contributed by atoms with Gasteiger partial charge in [0.15, 0.2) is 0 Å². The highest BCUT2D eigenvalue weighted by Crippen LogP contribution is 2.43. The van der Waals surface area contributed by atoms with Gasteiger partial charge in [-0.2, -0.15) is 5.26 Å². The van der Waals surface area contributed by atoms with Gasteiger partial charge in [-0.3, -0.25) is 5.10 Å². The molecule has 1 aromatic heterocycles. The van der Waals surface area contributed by atoms with Gasteiger partial charge in [0.25, 0.3) is 0 Å². The maximum absolute atomic E-state index is 9.74. The number of nitrogens with zero attached hydrogens (tertiary/aromatic N) is 2. The van der Waals surface area contributed by atoms with Gasteiger partial charge in [-0.25, -0.2) is 0 Å². The minimum Gasteiger partial charge on any atom is -0.490 e. The summed E-state index contributed by atoms with van der Waals surface area (Å²) in [6, 6.07) is 10.3. The van der Waals surface area contributed by atoms with Crippen LogP contribution in [-0.4, -0.2) is 16.3 Å². The molecule has 28 heavy (non-hydrogen) atoms. The van der Waals surface area contributed by atoms with E-state index in [1.165, 1.54) is 12.8 Å². The van der Waals surface area contributed by atoms with Gasteiger partial charge < -0.3 is 15.2 Å². The smallest absolute Gasteiger partial charge is 0.244 e. The average Bonchev–Trinajstić information content (AvgIpc) is 3.36. The minimum absolute atomic E-state index is 0.125. The fourth-order valence-corrected chi connectivity index (χ4v) is 4.12. The molecule has 1 unspecified atom stereocenters. The molecule has 1 aliphatic carbocycles. The summed E-state index contributed by atoms with van der Waals surface area (Å²) in [6.45, 7) is 2.15. The van der Waals surface area contributed by atoms with E-state index >= 15 is 0 Å². The second-order valence-corrected chi connectivity index (χ2v) is 7.54. The van der Waals surface area contributed by atoms with Crippen LogP contribution in [0.4, 0.5) is 0 Å². The van der Waals surface area contributed by atoms with Gasteiger partial charge in [0, 0.05) is 11.3 Å². The third-order valence-corrected chi connectivity index (χ3v) is 5.62. The number of aromatic nitrogens is 2. The van der Waals surface area contributed by atoms with Crippen LogP contribution in [0.3, 0.4) is 0 Å². The first-order valence-electron chi connectivity index (χ1n) is 10.1. The molecule has 2 heterocycles. The van der Waals surface area contributed by atoms with Gasteiger partial charge in [0.2, 0.25) is 11.8 Å². The Morgan fingerprint density at radius 2 is 2.04 bits per heavy atom. The third kappa shape index (κ3) is 3.45. The summed E-state index contributed by atoms with van der Waals surface area (Å²) >= 11 is 0. The van der Waals surface area contributed by atoms with Crippen molar-refractivity contribution in [1.82, 2.24) is 10.2 Å². The largest absolute Gasteiger partial charge is 0.490 e. The maximum Gasteiger partial charge on any atom is 0.244 e. The number of hydrogen-bond acceptors (Lipinski definition) is 5. The van der Waals surface area contributed by atoms with Crippen LogP contribution >= 0.6 is 0 Å². The van der Waals surface area contributed by atoms with Crippen LogP contribution in [-0.2, 0) is 6.42 Å². The Bertz CT molecular complexity index is 902. The van der Waals surface area contributed by atoms with E-state index in [9.17, 15) is 5.26 Å². The Hall–Kier alpha value is -2.94. The molecule has 1 aromatic carbocycles. The lowest BCUT2D eigenvalue weighted by molar-refractivity contribution is 0.210. The molecule has 0 radical (unpaired) electrons. The number of rotatable bonds is 6. The van der Waals surface area contributed by atoms with Gasteiger partial charge in [-0.05, 0) is 56.2 Å². The Balaban J connectivity index is 1.67. The van der Waals surface area contributed by atoms with E-state index in [1.54, 1.807) is 0 Å². The van der Waals surface area contributed by atoms with Gasteiger partial charge in [0.1, 0.15) is 17.4 Å². The molecular formula is C22H26N4O2. The number of nitriles is 1. The fourth-order valence-electron chi connectivity index (χ4n) is 4.12. The van der Waals surface area contributed by atoms with E-state index in [0.717, 1.165) is 54.7 Å². The number of hydrogen-bond donors (Lipinski definition) is 2. The second kappa shape index (κ2) is 7.97. The summed E-state index contributed by atoms with van der Waals surface area (Å²) in [5.74, 6) is 1.19. The first-order valence-corrected chi connectivity index (χ1v) is 10.1. The van der Waals surface area contributed by atoms with Crippen LogP contribution in [0.5, 0.6) is 11.6 Å². The molecule has 1 fully saturated rings. The summed E-state index contributed by atoms with van der Waals surface area (Å²) in [4.78, 5) is 0. The highest BCUT2D eigenvalue weighted by atomic mass is 16.5. The van der Waals surface area contributed by atoms with Gasteiger partial charge in [-0.1, -0.05) is 25.5 Å². The van der Waals surface area contributed by atoms with E-state index < -0.39 is 0 Å². The number of nitrogens with two attached hydrogens (primary N) is 1. The van der Waals surface area contributed by atoms with Crippen molar-refractivity contribution in [3.05, 3.63) is 52.5 Å². The summed E-state index contributed by atoms with van der Waals surface area (Å²) in [6.07, 6.45) is 8.03. The predicted octanol–water partition coefficient (Wildman–Crippen LogP) is 4.29. The number of ether oxygens (including phenoxy) is 2. The van der Waals surface area contributed by atoms with E-state index in [0.29, 0.717) is 17.6 Å². The average molecular weight is 378 g/mol. The number of aryl methyl sites for hydroxylation is 1. The number of unbranched alkanes of at least 4 members (excludes halogenated alkanes) is 1. The molecule has 1 aliphatic heterocycles. The molecule has 0 spiro atoms. The van der Waals surface area contributed by atoms with Crippen molar-refractivity contribution in [3.63, 3.8) is 0 Å². The van der Waals surface area contributed by atoms with E-state index in [1.807, 2.05) is 24.3 Å². The zero-order valence-electron chi connectivity index (χ0n) is 16.2. The van der Waals surface area contributed by atoms with Crippen LogP contribution < -0.4 is 15.2 Å². The number of aromatic amines is 1. The highest BCUT2D eigenvalue weighted by Gasteiger charge is 2.35. The Morgan fingerprint density at radius 3 is 2.71 bits per heavy atom. The molecule has 1 atom stereocenters. The van der Waals surface area contributed by atoms with Crippen molar-refractivity contribution in [1.29, 1.82) is 5.26 Å². The van der Waals surface area contributed by atoms with E-state index in [-0.39, 0.29) is 11.8 Å². The zero-order valence-corrected chi connectivity index (χ0v) is 16.2. The normalized spacial score (nSPS) is 19.2.